The predicted molar refractivity (Wildman–Crippen MR) is 148 cm³/mol. The van der Waals surface area contributed by atoms with Crippen molar-refractivity contribution in [1.82, 2.24) is 14.9 Å². The Morgan fingerprint density at radius 1 is 1.10 bits per heavy atom. The standard InChI is InChI=1S/C30H33FN4O4/c1-21-25(30(36)24-16-26(31)27(17-28(24)39-21)35-11-13-38-14-12-35)20-34(10-4-6-22-5-3-8-32-18-22)19-23-7-9-33-29(15-23)37-2/h3,5,7-9,15-18H,4,6,10-14,19-20H2,1-2H3. The molecule has 1 saturated heterocycles. The van der Waals surface area contributed by atoms with Crippen LogP contribution in [0.5, 0.6) is 5.88 Å². The van der Waals surface area contributed by atoms with Crippen molar-refractivity contribution in [2.24, 2.45) is 0 Å². The highest BCUT2D eigenvalue weighted by atomic mass is 19.1. The number of hydrogen-bond donors (Lipinski definition) is 0. The van der Waals surface area contributed by atoms with E-state index in [1.54, 1.807) is 32.5 Å². The van der Waals surface area contributed by atoms with Gasteiger partial charge in [-0.1, -0.05) is 6.07 Å². The summed E-state index contributed by atoms with van der Waals surface area (Å²) in [6, 6.07) is 10.8. The number of anilines is 1. The van der Waals surface area contributed by atoms with Gasteiger partial charge >= 0.3 is 0 Å². The minimum absolute atomic E-state index is 0.203. The van der Waals surface area contributed by atoms with Crippen molar-refractivity contribution in [1.29, 1.82) is 0 Å². The smallest absolute Gasteiger partial charge is 0.213 e. The third-order valence-corrected chi connectivity index (χ3v) is 7.07. The fraction of sp³-hybridized carbons (Fsp3) is 0.367. The molecular formula is C30H33FN4O4. The molecule has 204 valence electrons. The lowest BCUT2D eigenvalue weighted by atomic mass is 10.1. The summed E-state index contributed by atoms with van der Waals surface area (Å²) in [7, 11) is 1.59. The molecular weight excluding hydrogens is 499 g/mol. The summed E-state index contributed by atoms with van der Waals surface area (Å²) in [5.74, 6) is 0.649. The number of nitrogens with zero attached hydrogens (tertiary/aromatic N) is 4. The van der Waals surface area contributed by atoms with Crippen LogP contribution >= 0.6 is 0 Å². The first-order valence-electron chi connectivity index (χ1n) is 13.2. The van der Waals surface area contributed by atoms with Crippen LogP contribution in [0.3, 0.4) is 0 Å². The fourth-order valence-corrected chi connectivity index (χ4v) is 4.99. The summed E-state index contributed by atoms with van der Waals surface area (Å²) in [5.41, 5.74) is 3.34. The summed E-state index contributed by atoms with van der Waals surface area (Å²) >= 11 is 0. The molecule has 5 rings (SSSR count). The zero-order chi connectivity index (χ0) is 27.2. The Kier molecular flexibility index (Phi) is 8.48. The van der Waals surface area contributed by atoms with Crippen molar-refractivity contribution in [2.45, 2.75) is 32.9 Å². The number of halogens is 1. The molecule has 9 heteroatoms. The van der Waals surface area contributed by atoms with Crippen molar-refractivity contribution in [3.8, 4) is 5.88 Å². The maximum Gasteiger partial charge on any atom is 0.213 e. The van der Waals surface area contributed by atoms with Gasteiger partial charge in [0, 0.05) is 56.9 Å². The Morgan fingerprint density at radius 2 is 1.95 bits per heavy atom. The van der Waals surface area contributed by atoms with Crippen LogP contribution < -0.4 is 15.1 Å². The highest BCUT2D eigenvalue weighted by molar-refractivity contribution is 5.81. The van der Waals surface area contributed by atoms with E-state index < -0.39 is 5.82 Å². The van der Waals surface area contributed by atoms with E-state index in [4.69, 9.17) is 13.9 Å². The topological polar surface area (TPSA) is 80.9 Å². The lowest BCUT2D eigenvalue weighted by molar-refractivity contribution is 0.122. The molecule has 0 amide bonds. The minimum Gasteiger partial charge on any atom is -0.481 e. The first-order valence-corrected chi connectivity index (χ1v) is 13.2. The first kappa shape index (κ1) is 26.8. The molecule has 1 aromatic carbocycles. The molecule has 0 unspecified atom stereocenters. The molecule has 0 bridgehead atoms. The van der Waals surface area contributed by atoms with Crippen LogP contribution in [0.25, 0.3) is 11.0 Å². The van der Waals surface area contributed by atoms with Crippen molar-refractivity contribution in [3.05, 3.63) is 93.5 Å². The molecule has 0 atom stereocenters. The van der Waals surface area contributed by atoms with Crippen molar-refractivity contribution in [2.75, 3.05) is 44.9 Å². The third kappa shape index (κ3) is 6.43. The Bertz CT molecular complexity index is 1470. The van der Waals surface area contributed by atoms with E-state index in [1.165, 1.54) is 6.07 Å². The number of methoxy groups -OCH3 is 1. The molecule has 0 saturated carbocycles. The second kappa shape index (κ2) is 12.4. The van der Waals surface area contributed by atoms with Gasteiger partial charge in [-0.3, -0.25) is 14.7 Å². The lowest BCUT2D eigenvalue weighted by Crippen LogP contribution is -2.36. The van der Waals surface area contributed by atoms with Crippen molar-refractivity contribution < 1.29 is 18.3 Å². The number of morpholine rings is 1. The number of aryl methyl sites for hydroxylation is 2. The van der Waals surface area contributed by atoms with Gasteiger partial charge in [0.2, 0.25) is 5.88 Å². The second-order valence-corrected chi connectivity index (χ2v) is 9.75. The van der Waals surface area contributed by atoms with Crippen LogP contribution in [-0.2, 0) is 24.2 Å². The minimum atomic E-state index is -0.427. The Labute approximate surface area is 227 Å². The molecule has 8 nitrogen and oxygen atoms in total. The largest absolute Gasteiger partial charge is 0.481 e. The zero-order valence-electron chi connectivity index (χ0n) is 22.4. The van der Waals surface area contributed by atoms with Gasteiger partial charge in [0.15, 0.2) is 5.43 Å². The molecule has 4 heterocycles. The number of pyridine rings is 2. The van der Waals surface area contributed by atoms with Gasteiger partial charge in [0.25, 0.3) is 0 Å². The quantitative estimate of drug-likeness (QED) is 0.295. The maximum atomic E-state index is 15.2. The van der Waals surface area contributed by atoms with Gasteiger partial charge < -0.3 is 18.8 Å². The molecule has 1 aliphatic heterocycles. The molecule has 1 aliphatic rings. The Balaban J connectivity index is 1.42. The van der Waals surface area contributed by atoms with E-state index in [9.17, 15) is 4.79 Å². The molecule has 3 aromatic heterocycles. The van der Waals surface area contributed by atoms with E-state index >= 15 is 4.39 Å². The maximum absolute atomic E-state index is 15.2. The summed E-state index contributed by atoms with van der Waals surface area (Å²) in [5, 5.41) is 0.256. The fourth-order valence-electron chi connectivity index (χ4n) is 4.99. The van der Waals surface area contributed by atoms with Crippen LogP contribution in [0.4, 0.5) is 10.1 Å². The Morgan fingerprint density at radius 3 is 2.72 bits per heavy atom. The van der Waals surface area contributed by atoms with Crippen molar-refractivity contribution >= 4 is 16.7 Å². The highest BCUT2D eigenvalue weighted by Crippen LogP contribution is 2.27. The van der Waals surface area contributed by atoms with Gasteiger partial charge in [-0.05, 0) is 55.6 Å². The second-order valence-electron chi connectivity index (χ2n) is 9.75. The summed E-state index contributed by atoms with van der Waals surface area (Å²) < 4.78 is 32.0. The van der Waals surface area contributed by atoms with Crippen molar-refractivity contribution in [3.63, 3.8) is 0 Å². The molecule has 0 radical (unpaired) electrons. The van der Waals surface area contributed by atoms with Gasteiger partial charge in [-0.25, -0.2) is 9.37 Å². The van der Waals surface area contributed by atoms with Gasteiger partial charge in [0.05, 0.1) is 37.0 Å². The van der Waals surface area contributed by atoms with E-state index in [0.29, 0.717) is 67.9 Å². The van der Waals surface area contributed by atoms with E-state index in [0.717, 1.165) is 30.5 Å². The first-order chi connectivity index (χ1) is 19.0. The van der Waals surface area contributed by atoms with Crippen LogP contribution in [0.2, 0.25) is 0 Å². The molecule has 1 fully saturated rings. The van der Waals surface area contributed by atoms with Gasteiger partial charge in [-0.15, -0.1) is 0 Å². The van der Waals surface area contributed by atoms with E-state index in [1.807, 2.05) is 29.3 Å². The lowest BCUT2D eigenvalue weighted by Gasteiger charge is -2.29. The molecule has 0 spiro atoms. The predicted octanol–water partition coefficient (Wildman–Crippen LogP) is 4.51. The zero-order valence-corrected chi connectivity index (χ0v) is 22.4. The normalized spacial score (nSPS) is 13.8. The van der Waals surface area contributed by atoms with Crippen LogP contribution in [-0.4, -0.2) is 54.8 Å². The number of rotatable bonds is 10. The van der Waals surface area contributed by atoms with E-state index in [-0.39, 0.29) is 10.8 Å². The molecule has 4 aromatic rings. The Hall–Kier alpha value is -3.82. The number of benzene rings is 1. The highest BCUT2D eigenvalue weighted by Gasteiger charge is 2.21. The van der Waals surface area contributed by atoms with Crippen LogP contribution in [0.15, 0.2) is 64.2 Å². The number of fused-ring (bicyclic) bond motifs is 1. The molecule has 0 aliphatic carbocycles. The average molecular weight is 533 g/mol. The van der Waals surface area contributed by atoms with E-state index in [2.05, 4.69) is 20.9 Å². The van der Waals surface area contributed by atoms with Crippen LogP contribution in [0.1, 0.15) is 28.9 Å². The number of ether oxygens (including phenoxy) is 2. The molecule has 39 heavy (non-hydrogen) atoms. The number of aromatic nitrogens is 2. The summed E-state index contributed by atoms with van der Waals surface area (Å²) in [6.07, 6.45) is 7.10. The number of hydrogen-bond acceptors (Lipinski definition) is 8. The van der Waals surface area contributed by atoms with Gasteiger partial charge in [-0.2, -0.15) is 0 Å². The average Bonchev–Trinajstić information content (AvgIpc) is 2.96. The molecule has 0 N–H and O–H groups in total. The monoisotopic (exact) mass is 532 g/mol. The van der Waals surface area contributed by atoms with Gasteiger partial charge in [0.1, 0.15) is 17.2 Å². The SMILES string of the molecule is COc1cc(CN(CCCc2cccnc2)Cc2c(C)oc3cc(N4CCOCC4)c(F)cc3c2=O)ccn1. The summed E-state index contributed by atoms with van der Waals surface area (Å²) in [4.78, 5) is 26.2. The summed E-state index contributed by atoms with van der Waals surface area (Å²) in [6.45, 7) is 5.77. The third-order valence-electron chi connectivity index (χ3n) is 7.07. The van der Waals surface area contributed by atoms with Crippen LogP contribution in [0, 0.1) is 12.7 Å².